The fraction of sp³-hybridized carbons (Fsp3) is 0.909. The Labute approximate surface area is 107 Å². The molecule has 0 aromatic heterocycles. The lowest BCUT2D eigenvalue weighted by atomic mass is 10.1. The normalized spacial score (nSPS) is 28.6. The van der Waals surface area contributed by atoms with Crippen LogP contribution in [0.4, 0.5) is 0 Å². The maximum Gasteiger partial charge on any atom is 0.310 e. The second-order valence-corrected chi connectivity index (χ2v) is 7.78. The summed E-state index contributed by atoms with van der Waals surface area (Å²) in [6, 6.07) is 0. The van der Waals surface area contributed by atoms with Crippen molar-refractivity contribution in [2.45, 2.75) is 45.7 Å². The molecule has 1 fully saturated rings. The van der Waals surface area contributed by atoms with Crippen molar-refractivity contribution in [3.05, 3.63) is 0 Å². The number of aliphatic hydroxyl groups is 1. The summed E-state index contributed by atoms with van der Waals surface area (Å²) in [6.07, 6.45) is 0. The Hall–Kier alpha value is -0.660. The van der Waals surface area contributed by atoms with E-state index in [9.17, 15) is 18.3 Å². The van der Waals surface area contributed by atoms with Crippen LogP contribution in [0.3, 0.4) is 0 Å². The summed E-state index contributed by atoms with van der Waals surface area (Å²) in [5, 5.41) is 9.53. The van der Waals surface area contributed by atoms with Crippen molar-refractivity contribution in [1.29, 1.82) is 0 Å². The largest absolute Gasteiger partial charge is 0.460 e. The maximum absolute atomic E-state index is 11.9. The zero-order chi connectivity index (χ0) is 14.5. The zero-order valence-corrected chi connectivity index (χ0v) is 12.0. The molecule has 1 rings (SSSR count). The smallest absolute Gasteiger partial charge is 0.310 e. The molecule has 0 saturated heterocycles. The van der Waals surface area contributed by atoms with Gasteiger partial charge in [-0.05, 0) is 26.2 Å². The third-order valence-electron chi connectivity index (χ3n) is 3.18. The minimum Gasteiger partial charge on any atom is -0.460 e. The Balaban J connectivity index is 2.85. The highest BCUT2D eigenvalue weighted by molar-refractivity contribution is 7.86. The average molecular weight is 280 g/mol. The number of carbonyl (C=O) groups is 1. The van der Waals surface area contributed by atoms with E-state index in [0.717, 1.165) is 0 Å². The second kappa shape index (κ2) is 4.18. The Bertz CT molecular complexity index is 445. The molecule has 2 N–H and O–H groups in total. The molecule has 0 aromatic rings. The van der Waals surface area contributed by atoms with Crippen LogP contribution in [0.15, 0.2) is 0 Å². The van der Waals surface area contributed by atoms with Crippen LogP contribution in [0, 0.1) is 17.3 Å². The summed E-state index contributed by atoms with van der Waals surface area (Å²) in [5.41, 5.74) is -3.34. The molecule has 0 spiro atoms. The van der Waals surface area contributed by atoms with Gasteiger partial charge in [-0.3, -0.25) is 9.35 Å². The molecule has 1 aliphatic rings. The van der Waals surface area contributed by atoms with E-state index in [1.165, 1.54) is 0 Å². The highest BCUT2D eigenvalue weighted by Gasteiger charge is 2.68. The van der Waals surface area contributed by atoms with Crippen LogP contribution in [0.2, 0.25) is 0 Å². The molecule has 1 saturated carbocycles. The zero-order valence-electron chi connectivity index (χ0n) is 11.2. The highest BCUT2D eigenvalue weighted by Crippen LogP contribution is 2.61. The van der Waals surface area contributed by atoms with E-state index >= 15 is 0 Å². The first-order valence-corrected chi connectivity index (χ1v) is 7.16. The second-order valence-electron chi connectivity index (χ2n) is 6.26. The summed E-state index contributed by atoms with van der Waals surface area (Å²) in [6.45, 7) is 8.42. The first-order chi connectivity index (χ1) is 7.78. The average Bonchev–Trinajstić information content (AvgIpc) is 2.62. The molecule has 0 aromatic carbocycles. The standard InChI is InChI=1S/C11H20O6S/c1-10(2,3)17-8(12)6-7(11(6,4)5)9(13)18(14,15)16/h6-7,9,13H,1-5H3,(H,14,15,16)/t6-,7-,9?/m0/s1. The molecule has 0 bridgehead atoms. The minimum absolute atomic E-state index is 0.555. The topological polar surface area (TPSA) is 101 Å². The van der Waals surface area contributed by atoms with E-state index in [0.29, 0.717) is 0 Å². The fourth-order valence-corrected chi connectivity index (χ4v) is 3.09. The maximum atomic E-state index is 11.9. The predicted octanol–water partition coefficient (Wildman–Crippen LogP) is 0.807. The van der Waals surface area contributed by atoms with E-state index < -0.39 is 44.4 Å². The van der Waals surface area contributed by atoms with E-state index in [1.54, 1.807) is 34.6 Å². The van der Waals surface area contributed by atoms with Crippen molar-refractivity contribution in [3.8, 4) is 0 Å². The summed E-state index contributed by atoms with van der Waals surface area (Å²) in [7, 11) is -4.57. The van der Waals surface area contributed by atoms with Crippen molar-refractivity contribution in [1.82, 2.24) is 0 Å². The van der Waals surface area contributed by atoms with Crippen molar-refractivity contribution < 1.29 is 27.6 Å². The molecular formula is C11H20O6S. The first-order valence-electron chi connectivity index (χ1n) is 5.65. The SMILES string of the molecule is CC(C)(C)OC(=O)[C@@H]1[C@@H](C(O)S(=O)(=O)O)C1(C)C. The Kier molecular flexibility index (Phi) is 3.57. The van der Waals surface area contributed by atoms with Crippen LogP contribution in [-0.2, 0) is 19.6 Å². The monoisotopic (exact) mass is 280 g/mol. The van der Waals surface area contributed by atoms with Crippen LogP contribution in [-0.4, -0.2) is 35.1 Å². The van der Waals surface area contributed by atoms with Gasteiger partial charge in [-0.15, -0.1) is 0 Å². The fourth-order valence-electron chi connectivity index (χ4n) is 2.21. The summed E-state index contributed by atoms with van der Waals surface area (Å²) < 4.78 is 35.8. The Morgan fingerprint density at radius 1 is 1.33 bits per heavy atom. The van der Waals surface area contributed by atoms with Gasteiger partial charge in [-0.1, -0.05) is 13.8 Å². The van der Waals surface area contributed by atoms with Crippen LogP contribution in [0.5, 0.6) is 0 Å². The van der Waals surface area contributed by atoms with Crippen LogP contribution >= 0.6 is 0 Å². The van der Waals surface area contributed by atoms with Crippen LogP contribution in [0.1, 0.15) is 34.6 Å². The molecule has 0 amide bonds. The summed E-state index contributed by atoms with van der Waals surface area (Å²) >= 11 is 0. The molecule has 1 unspecified atom stereocenters. The van der Waals surface area contributed by atoms with E-state index in [1.807, 2.05) is 0 Å². The molecule has 0 radical (unpaired) electrons. The van der Waals surface area contributed by atoms with Crippen molar-refractivity contribution in [2.24, 2.45) is 17.3 Å². The van der Waals surface area contributed by atoms with Gasteiger partial charge >= 0.3 is 5.97 Å². The third kappa shape index (κ3) is 3.02. The number of carbonyl (C=O) groups excluding carboxylic acids is 1. The van der Waals surface area contributed by atoms with Crippen molar-refractivity contribution >= 4 is 16.1 Å². The highest BCUT2D eigenvalue weighted by atomic mass is 32.2. The molecule has 0 heterocycles. The van der Waals surface area contributed by atoms with E-state index in [4.69, 9.17) is 9.29 Å². The molecule has 7 heteroatoms. The molecular weight excluding hydrogens is 260 g/mol. The molecule has 18 heavy (non-hydrogen) atoms. The minimum atomic E-state index is -4.57. The number of esters is 1. The van der Waals surface area contributed by atoms with Crippen molar-refractivity contribution in [2.75, 3.05) is 0 Å². The molecule has 0 aliphatic heterocycles. The van der Waals surface area contributed by atoms with Gasteiger partial charge in [0.15, 0.2) is 5.44 Å². The molecule has 1 aliphatic carbocycles. The molecule has 106 valence electrons. The lowest BCUT2D eigenvalue weighted by Gasteiger charge is -2.20. The quantitative estimate of drug-likeness (QED) is 0.586. The third-order valence-corrected chi connectivity index (χ3v) is 4.09. The van der Waals surface area contributed by atoms with Gasteiger partial charge in [0.1, 0.15) is 5.60 Å². The number of hydrogen-bond donors (Lipinski definition) is 2. The van der Waals surface area contributed by atoms with Gasteiger partial charge in [-0.2, -0.15) is 8.42 Å². The number of aliphatic hydroxyl groups excluding tert-OH is 1. The van der Waals surface area contributed by atoms with Gasteiger partial charge in [-0.25, -0.2) is 0 Å². The van der Waals surface area contributed by atoms with Gasteiger partial charge in [0.2, 0.25) is 0 Å². The Morgan fingerprint density at radius 2 is 1.78 bits per heavy atom. The number of rotatable bonds is 3. The van der Waals surface area contributed by atoms with Crippen LogP contribution in [0.25, 0.3) is 0 Å². The predicted molar refractivity (Wildman–Crippen MR) is 64.2 cm³/mol. The van der Waals surface area contributed by atoms with Crippen molar-refractivity contribution in [3.63, 3.8) is 0 Å². The van der Waals surface area contributed by atoms with Crippen LogP contribution < -0.4 is 0 Å². The molecule has 3 atom stereocenters. The van der Waals surface area contributed by atoms with E-state index in [2.05, 4.69) is 0 Å². The number of ether oxygens (including phenoxy) is 1. The van der Waals surface area contributed by atoms with Gasteiger partial charge < -0.3 is 9.84 Å². The van der Waals surface area contributed by atoms with Gasteiger partial charge in [0.05, 0.1) is 5.92 Å². The molecule has 6 nitrogen and oxygen atoms in total. The van der Waals surface area contributed by atoms with Gasteiger partial charge in [0, 0.05) is 5.92 Å². The first kappa shape index (κ1) is 15.4. The summed E-state index contributed by atoms with van der Waals surface area (Å²) in [4.78, 5) is 11.9. The lowest BCUT2D eigenvalue weighted by Crippen LogP contribution is -2.28. The summed E-state index contributed by atoms with van der Waals surface area (Å²) in [5.74, 6) is -2.13. The van der Waals surface area contributed by atoms with Gasteiger partial charge in [0.25, 0.3) is 10.1 Å². The lowest BCUT2D eigenvalue weighted by molar-refractivity contribution is -0.157. The number of hydrogen-bond acceptors (Lipinski definition) is 5. The van der Waals surface area contributed by atoms with E-state index in [-0.39, 0.29) is 0 Å². The Morgan fingerprint density at radius 3 is 2.11 bits per heavy atom.